The molecule has 4 heteroatoms. The van der Waals surface area contributed by atoms with E-state index in [0.29, 0.717) is 29.7 Å². The van der Waals surface area contributed by atoms with Crippen molar-refractivity contribution in [2.45, 2.75) is 76.7 Å². The molecule has 0 N–H and O–H groups in total. The highest BCUT2D eigenvalue weighted by atomic mass is 16.2. The zero-order valence-electron chi connectivity index (χ0n) is 14.9. The fraction of sp³-hybridized carbons (Fsp3) is 0.900. The maximum atomic E-state index is 12.7. The number of carbonyl (C=O) groups excluding carboxylic acids is 2. The summed E-state index contributed by atoms with van der Waals surface area (Å²) in [6.07, 6.45) is 12.8. The summed E-state index contributed by atoms with van der Waals surface area (Å²) in [5, 5.41) is 0. The molecular weight excluding hydrogens is 300 g/mol. The van der Waals surface area contributed by atoms with Gasteiger partial charge >= 0.3 is 0 Å². The Morgan fingerprint density at radius 1 is 1.00 bits per heavy atom. The molecule has 2 bridgehead atoms. The Kier molecular flexibility index (Phi) is 4.82. The molecule has 0 aromatic rings. The number of carbonyl (C=O) groups is 2. The molecule has 3 saturated heterocycles. The molecule has 3 heterocycles. The monoisotopic (exact) mass is 332 g/mol. The van der Waals surface area contributed by atoms with E-state index in [1.807, 2.05) is 0 Å². The maximum absolute atomic E-state index is 12.7. The molecule has 0 aromatic carbocycles. The smallest absolute Gasteiger partial charge is 0.222 e. The van der Waals surface area contributed by atoms with E-state index in [1.165, 1.54) is 38.5 Å². The molecule has 4 fully saturated rings. The average molecular weight is 332 g/mol. The second-order valence-corrected chi connectivity index (χ2v) is 8.71. The first kappa shape index (κ1) is 16.4. The molecule has 2 amide bonds. The number of fused-ring (bicyclic) bond motifs is 4. The SMILES string of the molecule is O=C(CCC1CCCCC1)N1CC2CC(C1)[C@H]1CCCC(=O)N1C2. The Labute approximate surface area is 145 Å². The van der Waals surface area contributed by atoms with Gasteiger partial charge in [0, 0.05) is 38.5 Å². The van der Waals surface area contributed by atoms with E-state index in [4.69, 9.17) is 0 Å². The molecule has 3 aliphatic heterocycles. The van der Waals surface area contributed by atoms with Crippen molar-refractivity contribution in [2.24, 2.45) is 17.8 Å². The minimum atomic E-state index is 0.359. The van der Waals surface area contributed by atoms with Crippen LogP contribution in [-0.2, 0) is 9.59 Å². The van der Waals surface area contributed by atoms with E-state index in [-0.39, 0.29) is 0 Å². The van der Waals surface area contributed by atoms with E-state index in [2.05, 4.69) is 9.80 Å². The lowest BCUT2D eigenvalue weighted by molar-refractivity contribution is -0.148. The van der Waals surface area contributed by atoms with E-state index in [0.717, 1.165) is 57.7 Å². The van der Waals surface area contributed by atoms with Gasteiger partial charge < -0.3 is 9.80 Å². The summed E-state index contributed by atoms with van der Waals surface area (Å²) in [7, 11) is 0. The molecule has 4 rings (SSSR count). The Morgan fingerprint density at radius 3 is 2.67 bits per heavy atom. The van der Waals surface area contributed by atoms with Crippen molar-refractivity contribution in [3.8, 4) is 0 Å². The third-order valence-corrected chi connectivity index (χ3v) is 7.02. The van der Waals surface area contributed by atoms with Crippen LogP contribution >= 0.6 is 0 Å². The third-order valence-electron chi connectivity index (χ3n) is 7.02. The summed E-state index contributed by atoms with van der Waals surface area (Å²) in [5.41, 5.74) is 0. The molecule has 1 aliphatic carbocycles. The van der Waals surface area contributed by atoms with Crippen molar-refractivity contribution >= 4 is 11.8 Å². The van der Waals surface area contributed by atoms with Crippen molar-refractivity contribution in [2.75, 3.05) is 19.6 Å². The number of amides is 2. The Bertz CT molecular complexity index is 486. The molecule has 1 saturated carbocycles. The Balaban J connectivity index is 1.33. The lowest BCUT2D eigenvalue weighted by atomic mass is 9.76. The predicted molar refractivity (Wildman–Crippen MR) is 93.3 cm³/mol. The van der Waals surface area contributed by atoms with Crippen LogP contribution in [0.15, 0.2) is 0 Å². The maximum Gasteiger partial charge on any atom is 0.222 e. The van der Waals surface area contributed by atoms with Gasteiger partial charge in [0.25, 0.3) is 0 Å². The minimum absolute atomic E-state index is 0.359. The normalized spacial score (nSPS) is 34.2. The van der Waals surface area contributed by atoms with Gasteiger partial charge in [0.1, 0.15) is 0 Å². The number of hydrogen-bond acceptors (Lipinski definition) is 2. The number of rotatable bonds is 3. The second-order valence-electron chi connectivity index (χ2n) is 8.71. The molecule has 3 atom stereocenters. The summed E-state index contributed by atoms with van der Waals surface area (Å²) in [4.78, 5) is 29.2. The summed E-state index contributed by atoms with van der Waals surface area (Å²) in [5.74, 6) is 2.57. The molecule has 4 aliphatic rings. The highest BCUT2D eigenvalue weighted by Crippen LogP contribution is 2.38. The van der Waals surface area contributed by atoms with Crippen LogP contribution < -0.4 is 0 Å². The van der Waals surface area contributed by atoms with E-state index in [1.54, 1.807) is 0 Å². The van der Waals surface area contributed by atoms with E-state index >= 15 is 0 Å². The third kappa shape index (κ3) is 3.34. The van der Waals surface area contributed by atoms with E-state index in [9.17, 15) is 9.59 Å². The summed E-state index contributed by atoms with van der Waals surface area (Å²) in [6.45, 7) is 2.68. The standard InChI is InChI=1S/C20H32N2O2/c23-19(10-9-15-5-2-1-3-6-15)21-12-16-11-17(14-21)18-7-4-8-20(24)22(18)13-16/h15-18H,1-14H2/t16?,17?,18-/m1/s1. The Morgan fingerprint density at radius 2 is 1.83 bits per heavy atom. The van der Waals surface area contributed by atoms with Gasteiger partial charge in [-0.1, -0.05) is 32.1 Å². The van der Waals surface area contributed by atoms with Crippen molar-refractivity contribution in [3.05, 3.63) is 0 Å². The fourth-order valence-corrected chi connectivity index (χ4v) is 5.78. The average Bonchev–Trinajstić information content (AvgIpc) is 2.61. The molecule has 4 nitrogen and oxygen atoms in total. The van der Waals surface area contributed by atoms with Crippen molar-refractivity contribution in [1.29, 1.82) is 0 Å². The quantitative estimate of drug-likeness (QED) is 0.796. The van der Waals surface area contributed by atoms with Crippen LogP contribution in [0.1, 0.15) is 70.6 Å². The van der Waals surface area contributed by atoms with E-state index < -0.39 is 0 Å². The summed E-state index contributed by atoms with van der Waals surface area (Å²) < 4.78 is 0. The van der Waals surface area contributed by atoms with Gasteiger partial charge in [-0.3, -0.25) is 9.59 Å². The molecule has 134 valence electrons. The van der Waals surface area contributed by atoms with Crippen LogP contribution in [0.2, 0.25) is 0 Å². The summed E-state index contributed by atoms with van der Waals surface area (Å²) >= 11 is 0. The molecule has 24 heavy (non-hydrogen) atoms. The molecule has 0 radical (unpaired) electrons. The summed E-state index contributed by atoms with van der Waals surface area (Å²) in [6, 6.07) is 0.413. The van der Waals surface area contributed by atoms with Gasteiger partial charge in [-0.05, 0) is 43.4 Å². The largest absolute Gasteiger partial charge is 0.342 e. The lowest BCUT2D eigenvalue weighted by Gasteiger charge is -2.52. The highest BCUT2D eigenvalue weighted by molar-refractivity contribution is 5.78. The second kappa shape index (κ2) is 7.05. The van der Waals surface area contributed by atoms with Crippen molar-refractivity contribution in [3.63, 3.8) is 0 Å². The van der Waals surface area contributed by atoms with Crippen LogP contribution in [0.4, 0.5) is 0 Å². The predicted octanol–water partition coefficient (Wildman–Crippen LogP) is 3.21. The number of hydrogen-bond donors (Lipinski definition) is 0. The van der Waals surface area contributed by atoms with Crippen LogP contribution in [0, 0.1) is 17.8 Å². The number of nitrogens with zero attached hydrogens (tertiary/aromatic N) is 2. The zero-order valence-corrected chi connectivity index (χ0v) is 14.9. The van der Waals surface area contributed by atoms with Crippen molar-refractivity contribution < 1.29 is 9.59 Å². The van der Waals surface area contributed by atoms with Crippen LogP contribution in [0.5, 0.6) is 0 Å². The molecular formula is C20H32N2O2. The van der Waals surface area contributed by atoms with Gasteiger partial charge in [0.15, 0.2) is 0 Å². The topological polar surface area (TPSA) is 40.6 Å². The minimum Gasteiger partial charge on any atom is -0.342 e. The molecule has 0 aromatic heterocycles. The highest BCUT2D eigenvalue weighted by Gasteiger charge is 2.44. The zero-order chi connectivity index (χ0) is 16.5. The van der Waals surface area contributed by atoms with Gasteiger partial charge in [-0.2, -0.15) is 0 Å². The van der Waals surface area contributed by atoms with Gasteiger partial charge in [-0.25, -0.2) is 0 Å². The molecule has 0 spiro atoms. The van der Waals surface area contributed by atoms with Crippen molar-refractivity contribution in [1.82, 2.24) is 9.80 Å². The van der Waals surface area contributed by atoms with Gasteiger partial charge in [-0.15, -0.1) is 0 Å². The van der Waals surface area contributed by atoms with Crippen LogP contribution in [0.3, 0.4) is 0 Å². The van der Waals surface area contributed by atoms with Crippen LogP contribution in [0.25, 0.3) is 0 Å². The van der Waals surface area contributed by atoms with Gasteiger partial charge in [0.2, 0.25) is 11.8 Å². The first-order chi connectivity index (χ1) is 11.7. The number of likely N-dealkylation sites (tertiary alicyclic amines) is 1. The fourth-order valence-electron chi connectivity index (χ4n) is 5.78. The number of piperidine rings is 3. The van der Waals surface area contributed by atoms with Gasteiger partial charge in [0.05, 0.1) is 0 Å². The Hall–Kier alpha value is -1.06. The van der Waals surface area contributed by atoms with Crippen LogP contribution in [-0.4, -0.2) is 47.3 Å². The first-order valence-corrected chi connectivity index (χ1v) is 10.3. The first-order valence-electron chi connectivity index (χ1n) is 10.3. The lowest BCUT2D eigenvalue weighted by Crippen LogP contribution is -2.61. The molecule has 2 unspecified atom stereocenters.